The van der Waals surface area contributed by atoms with E-state index in [1.807, 2.05) is 60.7 Å². The maximum absolute atomic E-state index is 11.5. The van der Waals surface area contributed by atoms with Crippen molar-refractivity contribution in [2.24, 2.45) is 0 Å². The van der Waals surface area contributed by atoms with Gasteiger partial charge < -0.3 is 5.32 Å². The van der Waals surface area contributed by atoms with Crippen LogP contribution in [-0.4, -0.2) is 18.3 Å². The van der Waals surface area contributed by atoms with Gasteiger partial charge in [-0.25, -0.2) is 10.3 Å². The summed E-state index contributed by atoms with van der Waals surface area (Å²) in [6.45, 7) is 0.938. The topological polar surface area (TPSA) is 50.4 Å². The zero-order chi connectivity index (χ0) is 14.8. The van der Waals surface area contributed by atoms with E-state index in [2.05, 4.69) is 10.8 Å². The maximum Gasteiger partial charge on any atom is 0.338 e. The first-order chi connectivity index (χ1) is 10.3. The third kappa shape index (κ3) is 6.33. The Balaban J connectivity index is 1.54. The Bertz CT molecular complexity index is 534. The van der Waals surface area contributed by atoms with E-state index < -0.39 is 0 Å². The van der Waals surface area contributed by atoms with Gasteiger partial charge in [-0.15, -0.1) is 11.8 Å². The number of thioether (sulfide) groups is 1. The van der Waals surface area contributed by atoms with Gasteiger partial charge in [0.1, 0.15) is 0 Å². The number of hydrogen-bond donors (Lipinski definition) is 2. The van der Waals surface area contributed by atoms with Gasteiger partial charge in [0, 0.05) is 17.2 Å². The van der Waals surface area contributed by atoms with E-state index in [0.29, 0.717) is 13.2 Å². The van der Waals surface area contributed by atoms with Gasteiger partial charge >= 0.3 is 6.03 Å². The van der Waals surface area contributed by atoms with Gasteiger partial charge in [0.2, 0.25) is 0 Å². The standard InChI is InChI=1S/C16H18N2O2S/c19-16(18-20-13-14-7-3-1-4-8-14)17-11-12-21-15-9-5-2-6-10-15/h1-10H,11-13H2,(H2,17,18,19). The zero-order valence-electron chi connectivity index (χ0n) is 11.6. The van der Waals surface area contributed by atoms with Crippen LogP contribution in [0.25, 0.3) is 0 Å². The number of urea groups is 1. The molecule has 5 heteroatoms. The number of nitrogens with one attached hydrogen (secondary N) is 2. The van der Waals surface area contributed by atoms with Crippen molar-refractivity contribution in [3.05, 3.63) is 66.2 Å². The summed E-state index contributed by atoms with van der Waals surface area (Å²) in [5.74, 6) is 0.816. The molecule has 0 aliphatic rings. The molecule has 2 aromatic rings. The molecule has 2 aromatic carbocycles. The molecule has 0 bridgehead atoms. The number of hydrogen-bond acceptors (Lipinski definition) is 3. The van der Waals surface area contributed by atoms with Gasteiger partial charge in [0.25, 0.3) is 0 Å². The van der Waals surface area contributed by atoms with Crippen molar-refractivity contribution < 1.29 is 9.63 Å². The van der Waals surface area contributed by atoms with E-state index in [1.165, 1.54) is 4.90 Å². The minimum absolute atomic E-state index is 0.320. The molecule has 0 saturated heterocycles. The molecule has 2 N–H and O–H groups in total. The first-order valence-electron chi connectivity index (χ1n) is 6.72. The molecule has 0 spiro atoms. The number of carbonyl (C=O) groups is 1. The molecule has 21 heavy (non-hydrogen) atoms. The Morgan fingerprint density at radius 2 is 1.67 bits per heavy atom. The fourth-order valence-corrected chi connectivity index (χ4v) is 2.43. The zero-order valence-corrected chi connectivity index (χ0v) is 12.4. The molecule has 2 amide bonds. The first-order valence-corrected chi connectivity index (χ1v) is 7.70. The third-order valence-corrected chi connectivity index (χ3v) is 3.66. The van der Waals surface area contributed by atoms with Crippen LogP contribution in [-0.2, 0) is 11.4 Å². The predicted molar refractivity (Wildman–Crippen MR) is 84.9 cm³/mol. The van der Waals surface area contributed by atoms with Gasteiger partial charge in [-0.3, -0.25) is 4.84 Å². The van der Waals surface area contributed by atoms with Crippen LogP contribution in [0.2, 0.25) is 0 Å². The highest BCUT2D eigenvalue weighted by atomic mass is 32.2. The SMILES string of the molecule is O=C(NCCSc1ccccc1)NOCc1ccccc1. The Morgan fingerprint density at radius 1 is 1.00 bits per heavy atom. The molecule has 0 heterocycles. The second-order valence-corrected chi connectivity index (χ2v) is 5.46. The second kappa shape index (κ2) is 9.05. The smallest absolute Gasteiger partial charge is 0.336 e. The number of carbonyl (C=O) groups excluding carboxylic acids is 1. The van der Waals surface area contributed by atoms with E-state index in [9.17, 15) is 4.79 Å². The highest BCUT2D eigenvalue weighted by Crippen LogP contribution is 2.15. The van der Waals surface area contributed by atoms with Crippen LogP contribution in [0.5, 0.6) is 0 Å². The van der Waals surface area contributed by atoms with Gasteiger partial charge in [-0.05, 0) is 17.7 Å². The quantitative estimate of drug-likeness (QED) is 0.469. The minimum Gasteiger partial charge on any atom is -0.336 e. The Morgan fingerprint density at radius 3 is 2.38 bits per heavy atom. The van der Waals surface area contributed by atoms with Crippen molar-refractivity contribution in [3.63, 3.8) is 0 Å². The van der Waals surface area contributed by atoms with Gasteiger partial charge in [-0.2, -0.15) is 0 Å². The minimum atomic E-state index is -0.320. The fraction of sp³-hybridized carbons (Fsp3) is 0.188. The normalized spacial score (nSPS) is 10.1. The number of rotatable bonds is 7. The highest BCUT2D eigenvalue weighted by molar-refractivity contribution is 7.99. The van der Waals surface area contributed by atoms with Crippen LogP contribution in [0.1, 0.15) is 5.56 Å². The molecule has 0 aliphatic carbocycles. The fourth-order valence-electron chi connectivity index (χ4n) is 1.65. The molecular formula is C16H18N2O2S. The van der Waals surface area contributed by atoms with Gasteiger partial charge in [0.05, 0.1) is 6.61 Å². The van der Waals surface area contributed by atoms with Gasteiger partial charge in [-0.1, -0.05) is 48.5 Å². The maximum atomic E-state index is 11.5. The summed E-state index contributed by atoms with van der Waals surface area (Å²) in [6, 6.07) is 19.4. The average Bonchev–Trinajstić information content (AvgIpc) is 2.54. The molecule has 0 atom stereocenters. The average molecular weight is 302 g/mol. The van der Waals surface area contributed by atoms with Crippen molar-refractivity contribution in [1.29, 1.82) is 0 Å². The van der Waals surface area contributed by atoms with Crippen LogP contribution >= 0.6 is 11.8 Å². The summed E-state index contributed by atoms with van der Waals surface area (Å²) >= 11 is 1.70. The molecule has 0 aromatic heterocycles. The summed E-state index contributed by atoms with van der Waals surface area (Å²) in [6.07, 6.45) is 0. The summed E-state index contributed by atoms with van der Waals surface area (Å²) < 4.78 is 0. The summed E-state index contributed by atoms with van der Waals surface area (Å²) in [7, 11) is 0. The summed E-state index contributed by atoms with van der Waals surface area (Å²) in [5.41, 5.74) is 3.38. The largest absolute Gasteiger partial charge is 0.338 e. The van der Waals surface area contributed by atoms with E-state index in [-0.39, 0.29) is 6.03 Å². The number of amides is 2. The molecule has 110 valence electrons. The Kier molecular flexibility index (Phi) is 6.64. The Hall–Kier alpha value is -1.98. The molecule has 0 saturated carbocycles. The third-order valence-electron chi connectivity index (χ3n) is 2.65. The molecular weight excluding hydrogens is 284 g/mol. The van der Waals surface area contributed by atoms with E-state index in [1.54, 1.807) is 11.8 Å². The van der Waals surface area contributed by atoms with Crippen molar-refractivity contribution in [2.75, 3.05) is 12.3 Å². The molecule has 0 unspecified atom stereocenters. The van der Waals surface area contributed by atoms with Crippen molar-refractivity contribution in [1.82, 2.24) is 10.8 Å². The van der Waals surface area contributed by atoms with Crippen molar-refractivity contribution in [2.45, 2.75) is 11.5 Å². The van der Waals surface area contributed by atoms with Crippen LogP contribution in [0.4, 0.5) is 4.79 Å². The monoisotopic (exact) mass is 302 g/mol. The van der Waals surface area contributed by atoms with Crippen LogP contribution in [0.15, 0.2) is 65.6 Å². The van der Waals surface area contributed by atoms with Crippen LogP contribution in [0, 0.1) is 0 Å². The second-order valence-electron chi connectivity index (χ2n) is 4.29. The van der Waals surface area contributed by atoms with E-state index in [4.69, 9.17) is 4.84 Å². The summed E-state index contributed by atoms with van der Waals surface area (Å²) in [5, 5.41) is 2.74. The lowest BCUT2D eigenvalue weighted by Crippen LogP contribution is -2.36. The van der Waals surface area contributed by atoms with Crippen molar-refractivity contribution in [3.8, 4) is 0 Å². The highest BCUT2D eigenvalue weighted by Gasteiger charge is 2.00. The lowest BCUT2D eigenvalue weighted by atomic mass is 10.2. The van der Waals surface area contributed by atoms with E-state index in [0.717, 1.165) is 11.3 Å². The molecule has 0 radical (unpaired) electrons. The van der Waals surface area contributed by atoms with Crippen molar-refractivity contribution >= 4 is 17.8 Å². The van der Waals surface area contributed by atoms with E-state index >= 15 is 0 Å². The predicted octanol–water partition coefficient (Wildman–Crippen LogP) is 3.21. The number of hydroxylamine groups is 1. The lowest BCUT2D eigenvalue weighted by molar-refractivity contribution is 0.0493. The molecule has 0 aliphatic heterocycles. The molecule has 2 rings (SSSR count). The molecule has 4 nitrogen and oxygen atoms in total. The van der Waals surface area contributed by atoms with Crippen LogP contribution < -0.4 is 10.8 Å². The lowest BCUT2D eigenvalue weighted by Gasteiger charge is -2.07. The summed E-state index contributed by atoms with van der Waals surface area (Å²) in [4.78, 5) is 17.8. The number of benzene rings is 2. The van der Waals surface area contributed by atoms with Gasteiger partial charge in [0.15, 0.2) is 0 Å². The first kappa shape index (κ1) is 15.4. The van der Waals surface area contributed by atoms with Crippen LogP contribution in [0.3, 0.4) is 0 Å². The Labute approximate surface area is 128 Å². The molecule has 0 fully saturated rings.